The standard InChI is InChI=1S/C25H32F2N4O4/c1-34-12-10-28-24(32)19-15-31(17-5-3-2-4-6-17)11-9-21(19)29-25(33)22-14-23(35-30-22)18-8-7-16(26)13-20(18)27/h7-8,13-14,17,19,21H,2-6,9-12,15H2,1H3,(H,28,32)(H,29,33)/t19-,21-/m1/s1. The van der Waals surface area contributed by atoms with Gasteiger partial charge in [-0.25, -0.2) is 8.78 Å². The number of rotatable bonds is 8. The minimum Gasteiger partial charge on any atom is -0.383 e. The molecule has 10 heteroatoms. The Kier molecular flexibility index (Phi) is 8.46. The smallest absolute Gasteiger partial charge is 0.273 e. The van der Waals surface area contributed by atoms with Gasteiger partial charge in [0, 0.05) is 51.0 Å². The van der Waals surface area contributed by atoms with Crippen LogP contribution in [-0.4, -0.2) is 67.3 Å². The molecule has 0 unspecified atom stereocenters. The number of halogens is 2. The third kappa shape index (κ3) is 6.24. The van der Waals surface area contributed by atoms with E-state index in [1.54, 1.807) is 7.11 Å². The van der Waals surface area contributed by atoms with Gasteiger partial charge in [-0.3, -0.25) is 14.5 Å². The Labute approximate surface area is 203 Å². The molecule has 2 N–H and O–H groups in total. The summed E-state index contributed by atoms with van der Waals surface area (Å²) in [6, 6.07) is 4.48. The van der Waals surface area contributed by atoms with Gasteiger partial charge in [0.1, 0.15) is 11.6 Å². The highest BCUT2D eigenvalue weighted by Crippen LogP contribution is 2.28. The molecule has 1 aliphatic heterocycles. The van der Waals surface area contributed by atoms with Crippen LogP contribution in [0.5, 0.6) is 0 Å². The van der Waals surface area contributed by atoms with Crippen molar-refractivity contribution in [3.05, 3.63) is 41.6 Å². The Hall–Kier alpha value is -2.85. The van der Waals surface area contributed by atoms with Crippen LogP contribution in [0.4, 0.5) is 8.78 Å². The maximum Gasteiger partial charge on any atom is 0.273 e. The minimum atomic E-state index is -0.809. The van der Waals surface area contributed by atoms with Crippen LogP contribution >= 0.6 is 0 Å². The predicted molar refractivity (Wildman–Crippen MR) is 125 cm³/mol. The molecule has 2 aliphatic rings. The molecule has 2 fully saturated rings. The molecule has 4 rings (SSSR count). The molecule has 8 nitrogen and oxygen atoms in total. The third-order valence-corrected chi connectivity index (χ3v) is 6.93. The molecular formula is C25H32F2N4O4. The van der Waals surface area contributed by atoms with Gasteiger partial charge in [-0.15, -0.1) is 0 Å². The molecule has 2 aromatic rings. The average Bonchev–Trinajstić information content (AvgIpc) is 3.35. The van der Waals surface area contributed by atoms with E-state index in [2.05, 4.69) is 20.7 Å². The van der Waals surface area contributed by atoms with Gasteiger partial charge >= 0.3 is 0 Å². The van der Waals surface area contributed by atoms with Gasteiger partial charge in [-0.05, 0) is 31.4 Å². The molecule has 2 amide bonds. The maximum absolute atomic E-state index is 14.1. The van der Waals surface area contributed by atoms with Crippen molar-refractivity contribution in [1.29, 1.82) is 0 Å². The van der Waals surface area contributed by atoms with E-state index in [9.17, 15) is 18.4 Å². The van der Waals surface area contributed by atoms with Crippen LogP contribution in [0.2, 0.25) is 0 Å². The van der Waals surface area contributed by atoms with Crippen molar-refractivity contribution < 1.29 is 27.6 Å². The number of carbonyl (C=O) groups is 2. The van der Waals surface area contributed by atoms with Crippen molar-refractivity contribution in [3.63, 3.8) is 0 Å². The number of carbonyl (C=O) groups excluding carboxylic acids is 2. The van der Waals surface area contributed by atoms with E-state index in [0.717, 1.165) is 31.5 Å². The summed E-state index contributed by atoms with van der Waals surface area (Å²) >= 11 is 0. The Bertz CT molecular complexity index is 1020. The Morgan fingerprint density at radius 1 is 1.17 bits per heavy atom. The highest BCUT2D eigenvalue weighted by molar-refractivity contribution is 5.94. The average molecular weight is 491 g/mol. The normalized spacial score (nSPS) is 21.6. The summed E-state index contributed by atoms with van der Waals surface area (Å²) < 4.78 is 37.5. The van der Waals surface area contributed by atoms with Gasteiger partial charge in [0.2, 0.25) is 5.91 Å². The molecule has 1 aromatic carbocycles. The van der Waals surface area contributed by atoms with Crippen molar-refractivity contribution in [3.8, 4) is 11.3 Å². The SMILES string of the molecule is COCCNC(=O)[C@@H]1CN(C2CCCCC2)CC[C@H]1NC(=O)c1cc(-c2ccc(F)cc2F)on1. The topological polar surface area (TPSA) is 96.7 Å². The summed E-state index contributed by atoms with van der Waals surface area (Å²) in [5.41, 5.74) is -0.0221. The lowest BCUT2D eigenvalue weighted by molar-refractivity contribution is -0.128. The van der Waals surface area contributed by atoms with Crippen molar-refractivity contribution in [2.75, 3.05) is 33.4 Å². The maximum atomic E-state index is 14.1. The molecule has 35 heavy (non-hydrogen) atoms. The fraction of sp³-hybridized carbons (Fsp3) is 0.560. The van der Waals surface area contributed by atoms with Crippen LogP contribution in [-0.2, 0) is 9.53 Å². The van der Waals surface area contributed by atoms with Crippen LogP contribution in [0.15, 0.2) is 28.8 Å². The summed E-state index contributed by atoms with van der Waals surface area (Å²) in [5.74, 6) is -2.55. The van der Waals surface area contributed by atoms with Gasteiger partial charge in [0.05, 0.1) is 18.1 Å². The van der Waals surface area contributed by atoms with Gasteiger partial charge < -0.3 is 19.9 Å². The van der Waals surface area contributed by atoms with E-state index in [1.807, 2.05) is 0 Å². The zero-order valence-corrected chi connectivity index (χ0v) is 19.9. The van der Waals surface area contributed by atoms with Crippen molar-refractivity contribution in [1.82, 2.24) is 20.7 Å². The number of methoxy groups -OCH3 is 1. The number of hydrogen-bond acceptors (Lipinski definition) is 6. The largest absolute Gasteiger partial charge is 0.383 e. The minimum absolute atomic E-state index is 0.00846. The number of nitrogens with one attached hydrogen (secondary N) is 2. The summed E-state index contributed by atoms with van der Waals surface area (Å²) in [5, 5.41) is 9.61. The summed E-state index contributed by atoms with van der Waals surface area (Å²) in [4.78, 5) is 28.4. The lowest BCUT2D eigenvalue weighted by atomic mass is 9.87. The monoisotopic (exact) mass is 490 g/mol. The van der Waals surface area contributed by atoms with Crippen molar-refractivity contribution in [2.45, 2.75) is 50.6 Å². The van der Waals surface area contributed by atoms with E-state index in [1.165, 1.54) is 31.4 Å². The van der Waals surface area contributed by atoms with Crippen LogP contribution in [0, 0.1) is 17.6 Å². The molecule has 190 valence electrons. The molecule has 0 radical (unpaired) electrons. The first-order valence-electron chi connectivity index (χ1n) is 12.2. The van der Waals surface area contributed by atoms with Gasteiger partial charge in [-0.1, -0.05) is 24.4 Å². The quantitative estimate of drug-likeness (QED) is 0.552. The molecule has 1 aromatic heterocycles. The van der Waals surface area contributed by atoms with Crippen LogP contribution in [0.25, 0.3) is 11.3 Å². The second-order valence-electron chi connectivity index (χ2n) is 9.25. The lowest BCUT2D eigenvalue weighted by Gasteiger charge is -2.43. The summed E-state index contributed by atoms with van der Waals surface area (Å²) in [6.07, 6.45) is 6.56. The Balaban J connectivity index is 1.45. The van der Waals surface area contributed by atoms with Crippen molar-refractivity contribution in [2.24, 2.45) is 5.92 Å². The number of amides is 2. The summed E-state index contributed by atoms with van der Waals surface area (Å²) in [7, 11) is 1.57. The van der Waals surface area contributed by atoms with Crippen LogP contribution < -0.4 is 10.6 Å². The fourth-order valence-electron chi connectivity index (χ4n) is 5.04. The molecule has 0 bridgehead atoms. The van der Waals surface area contributed by atoms with E-state index in [-0.39, 0.29) is 29.0 Å². The fourth-order valence-corrected chi connectivity index (χ4v) is 5.04. The zero-order valence-electron chi connectivity index (χ0n) is 19.9. The van der Waals surface area contributed by atoms with E-state index < -0.39 is 23.5 Å². The number of benzene rings is 1. The van der Waals surface area contributed by atoms with E-state index in [4.69, 9.17) is 9.26 Å². The molecular weight excluding hydrogens is 458 g/mol. The summed E-state index contributed by atoms with van der Waals surface area (Å²) in [6.45, 7) is 2.16. The zero-order chi connectivity index (χ0) is 24.8. The number of hydrogen-bond donors (Lipinski definition) is 2. The first-order chi connectivity index (χ1) is 17.0. The molecule has 2 atom stereocenters. The number of aromatic nitrogens is 1. The van der Waals surface area contributed by atoms with Crippen LogP contribution in [0.3, 0.4) is 0 Å². The number of likely N-dealkylation sites (tertiary alicyclic amines) is 1. The van der Waals surface area contributed by atoms with Gasteiger partial charge in [-0.2, -0.15) is 0 Å². The molecule has 1 saturated heterocycles. The number of nitrogens with zero attached hydrogens (tertiary/aromatic N) is 2. The second kappa shape index (κ2) is 11.7. The third-order valence-electron chi connectivity index (χ3n) is 6.93. The van der Waals surface area contributed by atoms with Crippen molar-refractivity contribution >= 4 is 11.8 Å². The highest BCUT2D eigenvalue weighted by Gasteiger charge is 2.38. The van der Waals surface area contributed by atoms with Gasteiger partial charge in [0.25, 0.3) is 5.91 Å². The first-order valence-corrected chi connectivity index (χ1v) is 12.2. The van der Waals surface area contributed by atoms with Crippen LogP contribution in [0.1, 0.15) is 49.0 Å². The number of ether oxygens (including phenoxy) is 1. The molecule has 0 spiro atoms. The van der Waals surface area contributed by atoms with E-state index in [0.29, 0.717) is 32.2 Å². The Morgan fingerprint density at radius 3 is 2.71 bits per heavy atom. The van der Waals surface area contributed by atoms with Gasteiger partial charge in [0.15, 0.2) is 11.5 Å². The number of piperidine rings is 1. The van der Waals surface area contributed by atoms with E-state index >= 15 is 0 Å². The molecule has 1 aliphatic carbocycles. The highest BCUT2D eigenvalue weighted by atomic mass is 19.1. The molecule has 1 saturated carbocycles. The first kappa shape index (κ1) is 25.2. The Morgan fingerprint density at radius 2 is 1.97 bits per heavy atom. The molecule has 2 heterocycles. The predicted octanol–water partition coefficient (Wildman–Crippen LogP) is 3.14. The lowest BCUT2D eigenvalue weighted by Crippen LogP contribution is -2.58. The second-order valence-corrected chi connectivity index (χ2v) is 9.25.